The van der Waals surface area contributed by atoms with Crippen molar-refractivity contribution in [1.29, 1.82) is 0 Å². The number of benzene rings is 1. The van der Waals surface area contributed by atoms with Gasteiger partial charge < -0.3 is 20.4 Å². The summed E-state index contributed by atoms with van der Waals surface area (Å²) < 4.78 is 6.11. The predicted octanol–water partition coefficient (Wildman–Crippen LogP) is 4.77. The van der Waals surface area contributed by atoms with Crippen molar-refractivity contribution in [3.05, 3.63) is 66.1 Å². The number of aromatic nitrogens is 2. The average Bonchev–Trinajstić information content (AvgIpc) is 3.29. The van der Waals surface area contributed by atoms with Gasteiger partial charge in [0.2, 0.25) is 5.91 Å². The molecule has 0 saturated heterocycles. The molecule has 1 atom stereocenters. The van der Waals surface area contributed by atoms with Crippen LogP contribution in [0.2, 0.25) is 0 Å². The van der Waals surface area contributed by atoms with Crippen LogP contribution >= 0.6 is 0 Å². The van der Waals surface area contributed by atoms with E-state index >= 15 is 0 Å². The molecule has 1 unspecified atom stereocenters. The maximum absolute atomic E-state index is 13.6. The number of amides is 2. The molecule has 7 heteroatoms. The second kappa shape index (κ2) is 9.84. The van der Waals surface area contributed by atoms with E-state index in [-0.39, 0.29) is 12.0 Å². The van der Waals surface area contributed by atoms with Gasteiger partial charge in [0.1, 0.15) is 11.6 Å². The number of alkyl carbamates (subject to hydrolysis) is 1. The van der Waals surface area contributed by atoms with Gasteiger partial charge >= 0.3 is 6.09 Å². The molecule has 0 radical (unpaired) electrons. The zero-order valence-electron chi connectivity index (χ0n) is 21.4. The van der Waals surface area contributed by atoms with Gasteiger partial charge in [-0.25, -0.2) is 4.79 Å². The van der Waals surface area contributed by atoms with Crippen molar-refractivity contribution in [1.82, 2.24) is 20.6 Å². The number of carbonyl (C=O) groups excluding carboxylic acids is 2. The first-order valence-electron chi connectivity index (χ1n) is 13.7. The van der Waals surface area contributed by atoms with Gasteiger partial charge in [-0.1, -0.05) is 24.3 Å². The van der Waals surface area contributed by atoms with Crippen molar-refractivity contribution >= 4 is 22.9 Å². The molecule has 4 bridgehead atoms. The number of H-pyrrole nitrogens is 1. The molecule has 0 spiro atoms. The smallest absolute Gasteiger partial charge is 0.408 e. The van der Waals surface area contributed by atoms with Crippen molar-refractivity contribution in [3.8, 4) is 0 Å². The summed E-state index contributed by atoms with van der Waals surface area (Å²) in [6.07, 6.45) is 10.2. The molecule has 2 amide bonds. The van der Waals surface area contributed by atoms with Crippen LogP contribution in [0.15, 0.2) is 54.9 Å². The first-order valence-corrected chi connectivity index (χ1v) is 13.7. The fourth-order valence-electron chi connectivity index (χ4n) is 7.33. The normalized spacial score (nSPS) is 27.5. The molecule has 4 saturated carbocycles. The summed E-state index contributed by atoms with van der Waals surface area (Å²) in [6.45, 7) is 2.23. The maximum atomic E-state index is 13.6. The lowest BCUT2D eigenvalue weighted by molar-refractivity contribution is -0.127. The number of ether oxygens (including phenoxy) is 1. The molecule has 37 heavy (non-hydrogen) atoms. The van der Waals surface area contributed by atoms with E-state index in [2.05, 4.69) is 20.6 Å². The van der Waals surface area contributed by atoms with E-state index in [1.165, 1.54) is 32.1 Å². The molecule has 194 valence electrons. The zero-order chi connectivity index (χ0) is 25.4. The molecule has 4 fully saturated rings. The Morgan fingerprint density at radius 1 is 1.03 bits per heavy atom. The van der Waals surface area contributed by atoms with Crippen LogP contribution in [0.4, 0.5) is 4.79 Å². The Hall–Kier alpha value is -3.35. The summed E-state index contributed by atoms with van der Waals surface area (Å²) in [6, 6.07) is 13.8. The summed E-state index contributed by atoms with van der Waals surface area (Å²) in [5, 5.41) is 7.08. The molecule has 3 N–H and O–H groups in total. The minimum absolute atomic E-state index is 0.0302. The van der Waals surface area contributed by atoms with Gasteiger partial charge in [0.25, 0.3) is 0 Å². The van der Waals surface area contributed by atoms with Crippen LogP contribution < -0.4 is 10.6 Å². The molecule has 2 heterocycles. The number of aromatic amines is 1. The van der Waals surface area contributed by atoms with Gasteiger partial charge in [-0.05, 0) is 86.5 Å². The van der Waals surface area contributed by atoms with Crippen molar-refractivity contribution in [2.75, 3.05) is 6.54 Å². The van der Waals surface area contributed by atoms with Gasteiger partial charge in [-0.15, -0.1) is 0 Å². The number of fused-ring (bicyclic) bond motifs is 1. The van der Waals surface area contributed by atoms with Crippen LogP contribution in [0, 0.1) is 23.7 Å². The van der Waals surface area contributed by atoms with Gasteiger partial charge in [-0.2, -0.15) is 0 Å². The zero-order valence-corrected chi connectivity index (χ0v) is 21.4. The molecular formula is C30H36N4O3. The second-order valence-corrected chi connectivity index (χ2v) is 11.6. The third-order valence-electron chi connectivity index (χ3n) is 8.87. The van der Waals surface area contributed by atoms with E-state index in [0.717, 1.165) is 34.0 Å². The van der Waals surface area contributed by atoms with Crippen LogP contribution in [0.1, 0.15) is 50.3 Å². The lowest BCUT2D eigenvalue weighted by Crippen LogP contribution is -2.60. The molecule has 0 aliphatic heterocycles. The van der Waals surface area contributed by atoms with E-state index in [9.17, 15) is 9.59 Å². The molecular weight excluding hydrogens is 464 g/mol. The molecule has 4 aliphatic rings. The number of nitrogens with zero attached hydrogens (tertiary/aromatic N) is 1. The number of rotatable bonds is 8. The summed E-state index contributed by atoms with van der Waals surface area (Å²) in [5.74, 6) is 2.32. The fraction of sp³-hybridized carbons (Fsp3) is 0.500. The highest BCUT2D eigenvalue weighted by Gasteiger charge is 2.50. The fourth-order valence-corrected chi connectivity index (χ4v) is 7.33. The Bertz CT molecular complexity index is 1240. The Morgan fingerprint density at radius 2 is 1.76 bits per heavy atom. The molecule has 4 aliphatic carbocycles. The molecule has 2 aromatic heterocycles. The summed E-state index contributed by atoms with van der Waals surface area (Å²) in [4.78, 5) is 34.5. The minimum Gasteiger partial charge on any atom is -0.446 e. The molecule has 7 nitrogen and oxygen atoms in total. The van der Waals surface area contributed by atoms with Gasteiger partial charge in [0, 0.05) is 48.4 Å². The number of pyridine rings is 1. The SMILES string of the molecule is CC(Cc1c[nH]c2ccccc12)(NC(=O)OC1C2CC3CC(C2)CC1C3)C(=O)NCCc1ccccn1. The van der Waals surface area contributed by atoms with Gasteiger partial charge in [0.15, 0.2) is 0 Å². The Morgan fingerprint density at radius 3 is 2.49 bits per heavy atom. The maximum Gasteiger partial charge on any atom is 0.408 e. The average molecular weight is 501 g/mol. The van der Waals surface area contributed by atoms with Crippen LogP contribution in [0.3, 0.4) is 0 Å². The number of para-hydroxylation sites is 1. The monoisotopic (exact) mass is 500 g/mol. The minimum atomic E-state index is -1.17. The highest BCUT2D eigenvalue weighted by atomic mass is 16.6. The number of hydrogen-bond donors (Lipinski definition) is 3. The van der Waals surface area contributed by atoms with Crippen LogP contribution in [-0.4, -0.2) is 40.2 Å². The number of hydrogen-bond acceptors (Lipinski definition) is 4. The van der Waals surface area contributed by atoms with E-state index < -0.39 is 11.6 Å². The second-order valence-electron chi connectivity index (χ2n) is 11.6. The van der Waals surface area contributed by atoms with E-state index in [1.807, 2.05) is 48.7 Å². The first-order chi connectivity index (χ1) is 18.0. The molecule has 7 rings (SSSR count). The molecule has 1 aromatic carbocycles. The van der Waals surface area contributed by atoms with Crippen LogP contribution in [-0.2, 0) is 22.4 Å². The Kier molecular flexibility index (Phi) is 6.39. The van der Waals surface area contributed by atoms with Crippen molar-refractivity contribution in [2.45, 2.75) is 63.5 Å². The third-order valence-corrected chi connectivity index (χ3v) is 8.87. The molecule has 3 aromatic rings. The topological polar surface area (TPSA) is 96.1 Å². The van der Waals surface area contributed by atoms with E-state index in [4.69, 9.17) is 4.74 Å². The quantitative estimate of drug-likeness (QED) is 0.415. The highest BCUT2D eigenvalue weighted by molar-refractivity contribution is 5.91. The lowest BCUT2D eigenvalue weighted by atomic mass is 9.55. The van der Waals surface area contributed by atoms with Crippen LogP contribution in [0.25, 0.3) is 10.9 Å². The Balaban J connectivity index is 1.17. The summed E-state index contributed by atoms with van der Waals surface area (Å²) in [5.41, 5.74) is 1.73. The highest BCUT2D eigenvalue weighted by Crippen LogP contribution is 2.54. The van der Waals surface area contributed by atoms with Crippen molar-refractivity contribution < 1.29 is 14.3 Å². The third kappa shape index (κ3) is 4.96. The van der Waals surface area contributed by atoms with Crippen molar-refractivity contribution in [2.24, 2.45) is 23.7 Å². The predicted molar refractivity (Wildman–Crippen MR) is 142 cm³/mol. The Labute approximate surface area is 217 Å². The van der Waals surface area contributed by atoms with Gasteiger partial charge in [0.05, 0.1) is 0 Å². The van der Waals surface area contributed by atoms with Gasteiger partial charge in [-0.3, -0.25) is 9.78 Å². The number of nitrogens with one attached hydrogen (secondary N) is 3. The van der Waals surface area contributed by atoms with Crippen molar-refractivity contribution in [3.63, 3.8) is 0 Å². The van der Waals surface area contributed by atoms with E-state index in [0.29, 0.717) is 31.2 Å². The van der Waals surface area contributed by atoms with E-state index in [1.54, 1.807) is 13.1 Å². The lowest BCUT2D eigenvalue weighted by Gasteiger charge is -2.53. The first kappa shape index (κ1) is 24.0. The van der Waals surface area contributed by atoms with Crippen LogP contribution in [0.5, 0.6) is 0 Å². The standard InChI is InChI=1S/C30H36N4O3/c1-30(17-23-18-33-26-8-3-2-7-25(23)26,28(35)32-11-9-24-6-4-5-10-31-24)34-29(36)37-27-21-13-19-12-20(15-21)16-22(27)14-19/h2-8,10,18-22,27,33H,9,11-17H2,1H3,(H,32,35)(H,34,36). The summed E-state index contributed by atoms with van der Waals surface area (Å²) in [7, 11) is 0. The largest absolute Gasteiger partial charge is 0.446 e. The number of carbonyl (C=O) groups is 2. The summed E-state index contributed by atoms with van der Waals surface area (Å²) >= 11 is 0.